The molecule has 1 aromatic carbocycles. The molecule has 1 saturated heterocycles. The van der Waals surface area contributed by atoms with E-state index >= 15 is 0 Å². The monoisotopic (exact) mass is 420 g/mol. The van der Waals surface area contributed by atoms with Crippen molar-refractivity contribution in [1.82, 2.24) is 0 Å². The Hall–Kier alpha value is -0.446. The molecule has 1 aromatic rings. The number of rotatable bonds is 5. The summed E-state index contributed by atoms with van der Waals surface area (Å²) < 4.78 is 6.32. The summed E-state index contributed by atoms with van der Waals surface area (Å²) in [7, 11) is 1.68. The van der Waals surface area contributed by atoms with E-state index in [2.05, 4.69) is 12.2 Å². The first-order valence-corrected chi connectivity index (χ1v) is 9.31. The Labute approximate surface area is 177 Å². The van der Waals surface area contributed by atoms with E-state index < -0.39 is 0 Å². The van der Waals surface area contributed by atoms with Crippen LogP contribution in [-0.4, -0.2) is 42.7 Å². The van der Waals surface area contributed by atoms with E-state index in [0.29, 0.717) is 0 Å². The predicted octanol–water partition coefficient (Wildman–Crippen LogP) is 3.80. The minimum absolute atomic E-state index is 0. The van der Waals surface area contributed by atoms with Crippen LogP contribution in [0.5, 0.6) is 5.75 Å². The number of hydrogen-bond acceptors (Lipinski definition) is 2. The number of carbonyl (C=O) groups excluding carboxylic acids is 1. The molecule has 5 heteroatoms. The van der Waals surface area contributed by atoms with Crippen molar-refractivity contribution in [3.8, 4) is 5.75 Å². The maximum absolute atomic E-state index is 13.3. The number of quaternary nitrogens is 1. The molecule has 25 heavy (non-hydrogen) atoms. The summed E-state index contributed by atoms with van der Waals surface area (Å²) in [4.78, 5) is 13.3. The fraction of sp³-hybridized carbons (Fsp3) is 0.650. The molecule has 1 aliphatic carbocycles. The van der Waals surface area contributed by atoms with Crippen LogP contribution in [0.25, 0.3) is 0 Å². The Morgan fingerprint density at radius 3 is 2.16 bits per heavy atom. The molecule has 3 rings (SSSR count). The van der Waals surface area contributed by atoms with Gasteiger partial charge < -0.3 is 14.5 Å². The average Bonchev–Trinajstić information content (AvgIpc) is 3.40. The van der Waals surface area contributed by atoms with E-state index in [9.17, 15) is 4.79 Å². The van der Waals surface area contributed by atoms with Gasteiger partial charge in [0, 0.05) is 51.2 Å². The summed E-state index contributed by atoms with van der Waals surface area (Å²) in [6.07, 6.45) is 5.88. The van der Waals surface area contributed by atoms with Gasteiger partial charge in [0.15, 0.2) is 5.54 Å². The van der Waals surface area contributed by atoms with Crippen LogP contribution >= 0.6 is 0 Å². The van der Waals surface area contributed by atoms with E-state index in [1.807, 2.05) is 26.0 Å². The van der Waals surface area contributed by atoms with Gasteiger partial charge in [0.25, 0.3) is 5.91 Å². The number of benzene rings is 1. The second kappa shape index (κ2) is 8.06. The van der Waals surface area contributed by atoms with E-state index in [1.165, 1.54) is 19.3 Å². The fourth-order valence-corrected chi connectivity index (χ4v) is 4.67. The van der Waals surface area contributed by atoms with Gasteiger partial charge >= 0.3 is 0 Å². The van der Waals surface area contributed by atoms with Gasteiger partial charge in [0.2, 0.25) is 0 Å². The number of amides is 1. The van der Waals surface area contributed by atoms with E-state index in [1.54, 1.807) is 7.11 Å². The largest absolute Gasteiger partial charge is 0.497 e. The molecular formula is C20H31N2O2Y+. The second-order valence-electron chi connectivity index (χ2n) is 7.59. The summed E-state index contributed by atoms with van der Waals surface area (Å²) in [5.74, 6) is 1.07. The molecular weight excluding hydrogens is 389 g/mol. The quantitative estimate of drug-likeness (QED) is 0.736. The van der Waals surface area contributed by atoms with Crippen LogP contribution < -0.4 is 10.1 Å². The summed E-state index contributed by atoms with van der Waals surface area (Å²) in [6.45, 7) is 9.71. The standard InChI is InChI=1S/C20H30N2O2.Y/c1-5-22(11-7-6-8-12-22)20(9-10-20)19(23)21-18-15(2)13-17(24-4)14-16(18)3;/h13-14H,5-12H2,1-4H3;/p+1. The maximum Gasteiger partial charge on any atom is 0.285 e. The van der Waals surface area contributed by atoms with Crippen molar-refractivity contribution < 1.29 is 46.7 Å². The van der Waals surface area contributed by atoms with Crippen molar-refractivity contribution in [1.29, 1.82) is 0 Å². The summed E-state index contributed by atoms with van der Waals surface area (Å²) >= 11 is 0. The van der Waals surface area contributed by atoms with E-state index in [-0.39, 0.29) is 44.2 Å². The van der Waals surface area contributed by atoms with Gasteiger partial charge in [-0.3, -0.25) is 4.79 Å². The van der Waals surface area contributed by atoms with Gasteiger partial charge in [-0.25, -0.2) is 0 Å². The van der Waals surface area contributed by atoms with Crippen molar-refractivity contribution in [2.45, 2.75) is 58.4 Å². The topological polar surface area (TPSA) is 38.3 Å². The van der Waals surface area contributed by atoms with E-state index in [4.69, 9.17) is 4.74 Å². The Morgan fingerprint density at radius 2 is 1.72 bits per heavy atom. The zero-order chi connectivity index (χ0) is 17.4. The third kappa shape index (κ3) is 3.68. The van der Waals surface area contributed by atoms with Crippen molar-refractivity contribution >= 4 is 11.6 Å². The van der Waals surface area contributed by atoms with Crippen molar-refractivity contribution in [2.24, 2.45) is 0 Å². The number of anilines is 1. The Bertz CT molecular complexity index is 612. The third-order valence-corrected chi connectivity index (χ3v) is 6.31. The van der Waals surface area contributed by atoms with Crippen LogP contribution in [0.1, 0.15) is 50.2 Å². The molecule has 0 unspecified atom stereocenters. The number of methoxy groups -OCH3 is 1. The predicted molar refractivity (Wildman–Crippen MR) is 97.4 cm³/mol. The number of piperidine rings is 1. The SMILES string of the molecule is CC[N+]1(C2(C(=O)Nc3c(C)cc(OC)cc3C)CC2)CCCCC1.[Y]. The van der Waals surface area contributed by atoms with Crippen LogP contribution in [0.4, 0.5) is 5.69 Å². The average molecular weight is 420 g/mol. The van der Waals surface area contributed by atoms with Crippen molar-refractivity contribution in [2.75, 3.05) is 32.1 Å². The minimum Gasteiger partial charge on any atom is -0.497 e. The molecule has 1 aliphatic heterocycles. The number of likely N-dealkylation sites (tertiary alicyclic amines) is 1. The molecule has 0 atom stereocenters. The van der Waals surface area contributed by atoms with Crippen LogP contribution in [0, 0.1) is 13.8 Å². The number of aryl methyl sites for hydroxylation is 2. The Morgan fingerprint density at radius 1 is 1.16 bits per heavy atom. The molecule has 1 radical (unpaired) electrons. The van der Waals surface area contributed by atoms with Crippen LogP contribution in [0.2, 0.25) is 0 Å². The smallest absolute Gasteiger partial charge is 0.285 e. The van der Waals surface area contributed by atoms with Crippen LogP contribution in [0.3, 0.4) is 0 Å². The molecule has 2 fully saturated rings. The Balaban J connectivity index is 0.00000225. The molecule has 135 valence electrons. The Kier molecular flexibility index (Phi) is 6.73. The molecule has 4 nitrogen and oxygen atoms in total. The van der Waals surface area contributed by atoms with Crippen molar-refractivity contribution in [3.05, 3.63) is 23.3 Å². The molecule has 0 aromatic heterocycles. The van der Waals surface area contributed by atoms with Gasteiger partial charge in [0.1, 0.15) is 5.75 Å². The number of carbonyl (C=O) groups is 1. The number of nitrogens with one attached hydrogen (secondary N) is 1. The van der Waals surface area contributed by atoms with E-state index in [0.717, 1.165) is 59.5 Å². The van der Waals surface area contributed by atoms with Gasteiger partial charge in [-0.2, -0.15) is 0 Å². The number of hydrogen-bond donors (Lipinski definition) is 1. The van der Waals surface area contributed by atoms with Crippen LogP contribution in [0.15, 0.2) is 12.1 Å². The molecule has 1 N–H and O–H groups in total. The van der Waals surface area contributed by atoms with Gasteiger partial charge in [-0.15, -0.1) is 0 Å². The number of ether oxygens (including phenoxy) is 1. The van der Waals surface area contributed by atoms with Gasteiger partial charge in [0.05, 0.1) is 26.7 Å². The molecule has 1 saturated carbocycles. The van der Waals surface area contributed by atoms with Crippen molar-refractivity contribution in [3.63, 3.8) is 0 Å². The number of nitrogens with zero attached hydrogens (tertiary/aromatic N) is 1. The van der Waals surface area contributed by atoms with Gasteiger partial charge in [-0.05, 0) is 63.3 Å². The maximum atomic E-state index is 13.3. The summed E-state index contributed by atoms with van der Waals surface area (Å²) in [6, 6.07) is 3.99. The first-order valence-electron chi connectivity index (χ1n) is 9.31. The molecule has 0 bridgehead atoms. The zero-order valence-corrected chi connectivity index (χ0v) is 19.0. The minimum atomic E-state index is -0.187. The van der Waals surface area contributed by atoms with Gasteiger partial charge in [-0.1, -0.05) is 0 Å². The third-order valence-electron chi connectivity index (χ3n) is 6.31. The summed E-state index contributed by atoms with van der Waals surface area (Å²) in [5, 5.41) is 3.28. The first kappa shape index (κ1) is 20.9. The first-order chi connectivity index (χ1) is 11.5. The molecule has 0 spiro atoms. The fourth-order valence-electron chi connectivity index (χ4n) is 4.67. The van der Waals surface area contributed by atoms with Crippen LogP contribution in [-0.2, 0) is 37.5 Å². The summed E-state index contributed by atoms with van der Waals surface area (Å²) in [5.41, 5.74) is 2.90. The number of likely N-dealkylation sites (N-methyl/N-ethyl adjacent to an activating group) is 1. The molecule has 1 amide bonds. The zero-order valence-electron chi connectivity index (χ0n) is 16.2. The molecule has 1 heterocycles. The normalized spacial score (nSPS) is 20.3. The second-order valence-corrected chi connectivity index (χ2v) is 7.59. The molecule has 2 aliphatic rings.